The lowest BCUT2D eigenvalue weighted by molar-refractivity contribution is -0.0449. The van der Waals surface area contributed by atoms with E-state index in [1.807, 2.05) is 6.92 Å². The van der Waals surface area contributed by atoms with Crippen LogP contribution in [-0.2, 0) is 13.6 Å². The van der Waals surface area contributed by atoms with E-state index in [1.165, 1.54) is 23.0 Å². The van der Waals surface area contributed by atoms with Gasteiger partial charge in [0.05, 0.1) is 12.1 Å². The average molecular weight is 394 g/mol. The van der Waals surface area contributed by atoms with Gasteiger partial charge in [-0.2, -0.15) is 5.26 Å². The second-order valence-electron chi connectivity index (χ2n) is 6.85. The molecule has 1 unspecified atom stereocenters. The highest BCUT2D eigenvalue weighted by atomic mass is 19.1. The van der Waals surface area contributed by atoms with Crippen molar-refractivity contribution in [3.8, 4) is 28.8 Å². The summed E-state index contributed by atoms with van der Waals surface area (Å²) in [5.41, 5.74) is 8.89. The fourth-order valence-electron chi connectivity index (χ4n) is 3.40. The first-order valence-corrected chi connectivity index (χ1v) is 8.94. The molecule has 2 bridgehead atoms. The van der Waals surface area contributed by atoms with Gasteiger partial charge < -0.3 is 15.3 Å². The Morgan fingerprint density at radius 2 is 2.10 bits per heavy atom. The van der Waals surface area contributed by atoms with Gasteiger partial charge >= 0.3 is 0 Å². The molecule has 1 atom stereocenters. The van der Waals surface area contributed by atoms with Crippen LogP contribution in [0.3, 0.4) is 0 Å². The minimum Gasteiger partial charge on any atom is -0.482 e. The summed E-state index contributed by atoms with van der Waals surface area (Å²) in [7, 11) is 3.40. The Morgan fingerprint density at radius 3 is 2.86 bits per heavy atom. The Bertz CT molecular complexity index is 1140. The molecule has 4 rings (SSSR count). The topological polar surface area (TPSA) is 102 Å². The number of aromatic nitrogens is 3. The molecule has 29 heavy (non-hydrogen) atoms. The Kier molecular flexibility index (Phi) is 4.56. The normalized spacial score (nSPS) is 16.3. The molecule has 1 aliphatic rings. The molecule has 9 heteroatoms. The largest absolute Gasteiger partial charge is 0.482 e. The number of hydroxylamine groups is 2. The molecular formula is C20H19FN6O2. The number of halogens is 1. The van der Waals surface area contributed by atoms with E-state index < -0.39 is 6.10 Å². The van der Waals surface area contributed by atoms with E-state index in [1.54, 1.807) is 31.3 Å². The van der Waals surface area contributed by atoms with Crippen LogP contribution in [-0.4, -0.2) is 26.9 Å². The molecule has 2 aromatic heterocycles. The molecule has 0 saturated heterocycles. The van der Waals surface area contributed by atoms with Crippen LogP contribution in [0.1, 0.15) is 29.8 Å². The number of pyridine rings is 1. The third-order valence-corrected chi connectivity index (χ3v) is 4.78. The molecule has 0 fully saturated rings. The molecule has 1 aliphatic heterocycles. The van der Waals surface area contributed by atoms with Gasteiger partial charge in [0.25, 0.3) is 5.88 Å². The maximum absolute atomic E-state index is 13.9. The zero-order valence-electron chi connectivity index (χ0n) is 16.2. The van der Waals surface area contributed by atoms with Gasteiger partial charge in [-0.3, -0.25) is 4.68 Å². The molecule has 0 saturated carbocycles. The van der Waals surface area contributed by atoms with Crippen LogP contribution in [0.15, 0.2) is 30.5 Å². The van der Waals surface area contributed by atoms with Gasteiger partial charge in [-0.15, -0.1) is 10.2 Å². The van der Waals surface area contributed by atoms with Crippen LogP contribution in [0, 0.1) is 17.1 Å². The van der Waals surface area contributed by atoms with E-state index in [0.29, 0.717) is 34.7 Å². The predicted octanol–water partition coefficient (Wildman–Crippen LogP) is 2.95. The van der Waals surface area contributed by atoms with Gasteiger partial charge in [0.1, 0.15) is 23.7 Å². The maximum atomic E-state index is 13.9. The van der Waals surface area contributed by atoms with Crippen LogP contribution in [0.4, 0.5) is 10.2 Å². The minimum absolute atomic E-state index is 0.192. The van der Waals surface area contributed by atoms with Gasteiger partial charge in [-0.05, 0) is 36.2 Å². The Morgan fingerprint density at radius 1 is 1.31 bits per heavy atom. The number of hydrogen-bond donors (Lipinski definition) is 1. The number of aryl methyl sites for hydroxylation is 1. The van der Waals surface area contributed by atoms with Crippen molar-refractivity contribution in [2.24, 2.45) is 7.05 Å². The molecular weight excluding hydrogens is 375 g/mol. The molecule has 0 spiro atoms. The van der Waals surface area contributed by atoms with Crippen LogP contribution in [0.2, 0.25) is 0 Å². The molecule has 8 nitrogen and oxygen atoms in total. The number of fused-ring (bicyclic) bond motifs is 5. The van der Waals surface area contributed by atoms with Crippen molar-refractivity contribution in [3.63, 3.8) is 0 Å². The third kappa shape index (κ3) is 3.34. The van der Waals surface area contributed by atoms with Crippen molar-refractivity contribution in [1.82, 2.24) is 19.8 Å². The lowest BCUT2D eigenvalue weighted by Crippen LogP contribution is -2.24. The van der Waals surface area contributed by atoms with Gasteiger partial charge in [0.2, 0.25) is 0 Å². The highest BCUT2D eigenvalue weighted by Gasteiger charge is 2.25. The summed E-state index contributed by atoms with van der Waals surface area (Å²) in [5, 5.41) is 15.5. The molecule has 2 N–H and O–H groups in total. The van der Waals surface area contributed by atoms with Crippen LogP contribution in [0.25, 0.3) is 11.1 Å². The van der Waals surface area contributed by atoms with E-state index in [0.717, 1.165) is 5.56 Å². The number of hydrogen-bond acceptors (Lipinski definition) is 7. The first kappa shape index (κ1) is 18.7. The smallest absolute Gasteiger partial charge is 0.265 e. The molecule has 3 aromatic rings. The first-order chi connectivity index (χ1) is 13.9. The molecule has 0 radical (unpaired) electrons. The third-order valence-electron chi connectivity index (χ3n) is 4.78. The number of ether oxygens (including phenoxy) is 1. The highest BCUT2D eigenvalue weighted by molar-refractivity contribution is 5.75. The summed E-state index contributed by atoms with van der Waals surface area (Å²) < 4.78 is 21.4. The lowest BCUT2D eigenvalue weighted by Gasteiger charge is -2.23. The van der Waals surface area contributed by atoms with Crippen molar-refractivity contribution in [3.05, 3.63) is 53.1 Å². The second kappa shape index (κ2) is 7.07. The van der Waals surface area contributed by atoms with Gasteiger partial charge in [0, 0.05) is 25.9 Å². The minimum atomic E-state index is -0.489. The van der Waals surface area contributed by atoms with Crippen molar-refractivity contribution in [2.45, 2.75) is 19.6 Å². The van der Waals surface area contributed by atoms with Crippen LogP contribution >= 0.6 is 0 Å². The standard InChI is InChI=1S/C20H19FN6O2/c1-11-15-7-14(21)5-4-12(15)10-26(2)29-20-18(16(8-22)27(3)25-20)13-6-17(28-11)19(23)24-9-13/h4-7,9,11H,10H2,1-3H3,(H2,23,24). The fraction of sp³-hybridized carbons (Fsp3) is 0.250. The molecule has 1 aromatic carbocycles. The van der Waals surface area contributed by atoms with Crippen LogP contribution in [0.5, 0.6) is 11.6 Å². The Balaban J connectivity index is 1.93. The van der Waals surface area contributed by atoms with E-state index in [9.17, 15) is 9.65 Å². The average Bonchev–Trinajstić information content (AvgIpc) is 2.98. The van der Waals surface area contributed by atoms with Crippen molar-refractivity contribution in [1.29, 1.82) is 5.26 Å². The quantitative estimate of drug-likeness (QED) is 0.625. The summed E-state index contributed by atoms with van der Waals surface area (Å²) in [6.07, 6.45) is 1.05. The van der Waals surface area contributed by atoms with Gasteiger partial charge in [-0.1, -0.05) is 6.07 Å². The van der Waals surface area contributed by atoms with E-state index in [4.69, 9.17) is 15.3 Å². The predicted molar refractivity (Wildman–Crippen MR) is 103 cm³/mol. The van der Waals surface area contributed by atoms with E-state index >= 15 is 0 Å². The zero-order valence-corrected chi connectivity index (χ0v) is 16.2. The summed E-state index contributed by atoms with van der Waals surface area (Å²) in [6, 6.07) is 8.35. The summed E-state index contributed by atoms with van der Waals surface area (Å²) >= 11 is 0. The van der Waals surface area contributed by atoms with E-state index in [-0.39, 0.29) is 17.5 Å². The monoisotopic (exact) mass is 394 g/mol. The number of benzene rings is 1. The number of nitrogens with two attached hydrogens (primary N) is 1. The summed E-state index contributed by atoms with van der Waals surface area (Å²) in [4.78, 5) is 10.1. The molecule has 0 aliphatic carbocycles. The van der Waals surface area contributed by atoms with Crippen molar-refractivity contribution < 1.29 is 14.0 Å². The number of nitrogen functional groups attached to an aromatic ring is 1. The highest BCUT2D eigenvalue weighted by Crippen LogP contribution is 2.38. The Hall–Kier alpha value is -3.64. The fourth-order valence-corrected chi connectivity index (χ4v) is 3.40. The summed E-state index contributed by atoms with van der Waals surface area (Å²) in [5.74, 6) is 0.414. The molecule has 148 valence electrons. The molecule has 0 amide bonds. The lowest BCUT2D eigenvalue weighted by atomic mass is 10.0. The maximum Gasteiger partial charge on any atom is 0.265 e. The number of rotatable bonds is 0. The zero-order chi connectivity index (χ0) is 20.7. The summed E-state index contributed by atoms with van der Waals surface area (Å²) in [6.45, 7) is 2.16. The number of nitriles is 1. The van der Waals surface area contributed by atoms with Crippen LogP contribution < -0.4 is 15.3 Å². The van der Waals surface area contributed by atoms with E-state index in [2.05, 4.69) is 16.2 Å². The Labute approximate surface area is 166 Å². The number of anilines is 1. The van der Waals surface area contributed by atoms with Crippen molar-refractivity contribution in [2.75, 3.05) is 12.8 Å². The number of nitrogens with zero attached hydrogens (tertiary/aromatic N) is 5. The second-order valence-corrected chi connectivity index (χ2v) is 6.85. The SMILES string of the molecule is CC1Oc2cc(cnc2N)-c2c(nn(C)c2C#N)ON(C)Cc2ccc(F)cc21. The first-order valence-electron chi connectivity index (χ1n) is 8.94. The molecule has 3 heterocycles. The van der Waals surface area contributed by atoms with Gasteiger partial charge in [-0.25, -0.2) is 9.37 Å². The van der Waals surface area contributed by atoms with Crippen molar-refractivity contribution >= 4 is 5.82 Å². The van der Waals surface area contributed by atoms with Gasteiger partial charge in [0.15, 0.2) is 11.6 Å².